The molecular weight excluding hydrogens is 274 g/mol. The van der Waals surface area contributed by atoms with Crippen LogP contribution in [0.3, 0.4) is 0 Å². The smallest absolute Gasteiger partial charge is 0.334 e. The molecule has 0 aromatic heterocycles. The highest BCUT2D eigenvalue weighted by Gasteiger charge is 2.52. The molecule has 0 aliphatic carbocycles. The molecule has 0 aromatic carbocycles. The van der Waals surface area contributed by atoms with E-state index in [4.69, 9.17) is 15.9 Å². The highest BCUT2D eigenvalue weighted by molar-refractivity contribution is 6.38. The van der Waals surface area contributed by atoms with Crippen molar-refractivity contribution in [1.82, 2.24) is 0 Å². The molecule has 0 aromatic rings. The SMILES string of the molecule is C=C(C(=O)O)[C@](O)([C@H](O)[C@H](O)CO)[C@@H](N)C(=O)C(C)=O. The molecule has 20 heavy (non-hydrogen) atoms. The number of carboxylic acids is 1. The molecule has 114 valence electrons. The van der Waals surface area contributed by atoms with Crippen LogP contribution in [-0.4, -0.2) is 73.5 Å². The number of carboxylic acid groups (broad SMARTS) is 1. The van der Waals surface area contributed by atoms with Crippen molar-refractivity contribution in [2.24, 2.45) is 5.73 Å². The molecule has 0 saturated heterocycles. The topological polar surface area (TPSA) is 178 Å². The van der Waals surface area contributed by atoms with Crippen LogP contribution >= 0.6 is 0 Å². The summed E-state index contributed by atoms with van der Waals surface area (Å²) in [6, 6.07) is -2.17. The van der Waals surface area contributed by atoms with Gasteiger partial charge in [0, 0.05) is 6.92 Å². The van der Waals surface area contributed by atoms with Crippen molar-refractivity contribution < 1.29 is 39.9 Å². The Bertz CT molecular complexity index is 434. The molecular formula is C11H17NO8. The van der Waals surface area contributed by atoms with Gasteiger partial charge in [0.2, 0.25) is 5.78 Å². The van der Waals surface area contributed by atoms with Crippen LogP contribution in [-0.2, 0) is 14.4 Å². The lowest BCUT2D eigenvalue weighted by molar-refractivity contribution is -0.156. The second-order valence-corrected chi connectivity index (χ2v) is 4.20. The van der Waals surface area contributed by atoms with Crippen LogP contribution in [0.4, 0.5) is 0 Å². The maximum atomic E-state index is 11.5. The first-order valence-electron chi connectivity index (χ1n) is 5.44. The number of carbonyl (C=O) groups excluding carboxylic acids is 2. The van der Waals surface area contributed by atoms with Crippen molar-refractivity contribution in [2.75, 3.05) is 6.61 Å². The number of aliphatic hydroxyl groups is 4. The van der Waals surface area contributed by atoms with Crippen molar-refractivity contribution in [1.29, 1.82) is 0 Å². The third-order valence-electron chi connectivity index (χ3n) is 2.85. The van der Waals surface area contributed by atoms with Gasteiger partial charge in [-0.2, -0.15) is 0 Å². The van der Waals surface area contributed by atoms with E-state index in [0.717, 1.165) is 6.92 Å². The molecule has 0 rings (SSSR count). The minimum atomic E-state index is -3.02. The van der Waals surface area contributed by atoms with Crippen molar-refractivity contribution in [3.05, 3.63) is 12.2 Å². The van der Waals surface area contributed by atoms with Gasteiger partial charge in [-0.15, -0.1) is 0 Å². The van der Waals surface area contributed by atoms with Gasteiger partial charge in [0.05, 0.1) is 12.2 Å². The Kier molecular flexibility index (Phi) is 6.13. The normalized spacial score (nSPS) is 18.5. The highest BCUT2D eigenvalue weighted by Crippen LogP contribution is 2.26. The molecule has 9 nitrogen and oxygen atoms in total. The van der Waals surface area contributed by atoms with E-state index >= 15 is 0 Å². The first-order chi connectivity index (χ1) is 9.01. The zero-order valence-corrected chi connectivity index (χ0v) is 10.7. The number of Topliss-reactive ketones (excluding diaryl/α,β-unsaturated/α-hetero) is 2. The second-order valence-electron chi connectivity index (χ2n) is 4.20. The van der Waals surface area contributed by atoms with Gasteiger partial charge in [0.1, 0.15) is 23.9 Å². The van der Waals surface area contributed by atoms with Crippen molar-refractivity contribution in [3.63, 3.8) is 0 Å². The van der Waals surface area contributed by atoms with Gasteiger partial charge in [0.25, 0.3) is 0 Å². The lowest BCUT2D eigenvalue weighted by Gasteiger charge is -2.38. The van der Waals surface area contributed by atoms with Gasteiger partial charge >= 0.3 is 5.97 Å². The summed E-state index contributed by atoms with van der Waals surface area (Å²) < 4.78 is 0. The largest absolute Gasteiger partial charge is 0.478 e. The minimum Gasteiger partial charge on any atom is -0.478 e. The summed E-state index contributed by atoms with van der Waals surface area (Å²) in [5, 5.41) is 46.8. The summed E-state index contributed by atoms with van der Waals surface area (Å²) in [6.07, 6.45) is -4.34. The number of aliphatic hydroxyl groups excluding tert-OH is 3. The average molecular weight is 291 g/mol. The predicted octanol–water partition coefficient (Wildman–Crippen LogP) is -3.44. The monoisotopic (exact) mass is 291 g/mol. The van der Waals surface area contributed by atoms with Crippen LogP contribution in [0, 0.1) is 0 Å². The molecule has 4 atom stereocenters. The van der Waals surface area contributed by atoms with E-state index in [0.29, 0.717) is 0 Å². The van der Waals surface area contributed by atoms with E-state index in [-0.39, 0.29) is 0 Å². The highest BCUT2D eigenvalue weighted by atomic mass is 16.4. The fourth-order valence-corrected chi connectivity index (χ4v) is 1.53. The van der Waals surface area contributed by atoms with E-state index in [1.807, 2.05) is 0 Å². The zero-order chi connectivity index (χ0) is 16.2. The van der Waals surface area contributed by atoms with E-state index in [1.165, 1.54) is 0 Å². The lowest BCUT2D eigenvalue weighted by Crippen LogP contribution is -2.65. The van der Waals surface area contributed by atoms with Crippen LogP contribution < -0.4 is 5.73 Å². The quantitative estimate of drug-likeness (QED) is 0.196. The van der Waals surface area contributed by atoms with Gasteiger partial charge in [-0.25, -0.2) is 4.79 Å². The molecule has 7 N–H and O–H groups in total. The molecule has 0 aliphatic rings. The van der Waals surface area contributed by atoms with E-state index in [1.54, 1.807) is 0 Å². The summed E-state index contributed by atoms with van der Waals surface area (Å²) in [7, 11) is 0. The van der Waals surface area contributed by atoms with Crippen LogP contribution in [0.2, 0.25) is 0 Å². The Balaban J connectivity index is 5.82. The number of hydrogen-bond acceptors (Lipinski definition) is 8. The number of ketones is 2. The molecule has 0 unspecified atom stereocenters. The van der Waals surface area contributed by atoms with Gasteiger partial charge < -0.3 is 31.3 Å². The van der Waals surface area contributed by atoms with Crippen LogP contribution in [0.5, 0.6) is 0 Å². The number of carbonyl (C=O) groups is 3. The molecule has 0 bridgehead atoms. The molecule has 0 radical (unpaired) electrons. The van der Waals surface area contributed by atoms with Gasteiger partial charge in [-0.05, 0) is 0 Å². The minimum absolute atomic E-state index is 0.834. The summed E-state index contributed by atoms with van der Waals surface area (Å²) in [4.78, 5) is 33.4. The maximum Gasteiger partial charge on any atom is 0.334 e. The molecule has 9 heteroatoms. The summed E-state index contributed by atoms with van der Waals surface area (Å²) >= 11 is 0. The first-order valence-corrected chi connectivity index (χ1v) is 5.44. The number of nitrogens with two attached hydrogens (primary N) is 1. The zero-order valence-electron chi connectivity index (χ0n) is 10.7. The Morgan fingerprint density at radius 3 is 2.05 bits per heavy atom. The molecule has 0 fully saturated rings. The maximum absolute atomic E-state index is 11.5. The summed E-state index contributed by atoms with van der Waals surface area (Å²) in [6.45, 7) is 2.77. The van der Waals surface area contributed by atoms with Crippen LogP contribution in [0.15, 0.2) is 12.2 Å². The Labute approximate surface area is 113 Å². The summed E-state index contributed by atoms with van der Waals surface area (Å²) in [5.41, 5.74) is 1.22. The van der Waals surface area contributed by atoms with E-state index in [9.17, 15) is 29.7 Å². The number of rotatable bonds is 8. The van der Waals surface area contributed by atoms with Gasteiger partial charge in [-0.1, -0.05) is 6.58 Å². The van der Waals surface area contributed by atoms with Gasteiger partial charge in [0.15, 0.2) is 5.78 Å². The van der Waals surface area contributed by atoms with Crippen molar-refractivity contribution >= 4 is 17.5 Å². The van der Waals surface area contributed by atoms with Crippen molar-refractivity contribution in [2.45, 2.75) is 30.8 Å². The van der Waals surface area contributed by atoms with E-state index < -0.39 is 53.6 Å². The molecule has 0 aliphatic heterocycles. The Hall–Kier alpha value is -1.65. The Morgan fingerprint density at radius 1 is 1.30 bits per heavy atom. The van der Waals surface area contributed by atoms with E-state index in [2.05, 4.69) is 6.58 Å². The first kappa shape index (κ1) is 18.4. The van der Waals surface area contributed by atoms with Crippen molar-refractivity contribution in [3.8, 4) is 0 Å². The van der Waals surface area contributed by atoms with Crippen LogP contribution in [0.25, 0.3) is 0 Å². The third-order valence-corrected chi connectivity index (χ3v) is 2.85. The molecule has 0 spiro atoms. The fourth-order valence-electron chi connectivity index (χ4n) is 1.53. The fraction of sp³-hybridized carbons (Fsp3) is 0.545. The molecule has 0 saturated carbocycles. The van der Waals surface area contributed by atoms with Gasteiger partial charge in [-0.3, -0.25) is 9.59 Å². The van der Waals surface area contributed by atoms with Crippen LogP contribution in [0.1, 0.15) is 6.92 Å². The summed E-state index contributed by atoms with van der Waals surface area (Å²) in [5.74, 6) is -4.25. The predicted molar refractivity (Wildman–Crippen MR) is 64.5 cm³/mol. The second kappa shape index (κ2) is 6.68. The Morgan fingerprint density at radius 2 is 1.75 bits per heavy atom. The average Bonchev–Trinajstić information content (AvgIpc) is 2.41. The molecule has 0 amide bonds. The third kappa shape index (κ3) is 3.26. The molecule has 0 heterocycles. The number of aliphatic carboxylic acids is 1. The number of hydrogen-bond donors (Lipinski definition) is 6. The standard InChI is InChI=1S/C11H17NO8/c1-4(10(18)19)11(20,9(17)6(15)3-13)8(12)7(16)5(2)14/h6,8-9,13,15,17,20H,1,3,12H2,2H3,(H,18,19)/t6-,8+,9-,11-/m1/s1. The lowest BCUT2D eigenvalue weighted by atomic mass is 9.77.